The van der Waals surface area contributed by atoms with Crippen molar-refractivity contribution in [2.45, 2.75) is 11.8 Å². The molecule has 21 heavy (non-hydrogen) atoms. The third-order valence-corrected chi connectivity index (χ3v) is 5.44. The number of sulfone groups is 1. The molecule has 2 aromatic carbocycles. The van der Waals surface area contributed by atoms with Gasteiger partial charge >= 0.3 is 0 Å². The monoisotopic (exact) mass is 366 g/mol. The zero-order valence-corrected chi connectivity index (χ0v) is 14.1. The number of halogens is 1. The van der Waals surface area contributed by atoms with Crippen molar-refractivity contribution in [3.05, 3.63) is 65.1 Å². The third-order valence-electron chi connectivity index (χ3n) is 2.97. The van der Waals surface area contributed by atoms with E-state index in [0.29, 0.717) is 10.2 Å². The minimum Gasteiger partial charge on any atom is -0.497 e. The summed E-state index contributed by atoms with van der Waals surface area (Å²) in [6, 6.07) is 13.9. The highest BCUT2D eigenvalue weighted by atomic mass is 79.9. The van der Waals surface area contributed by atoms with Crippen LogP contribution in [0.15, 0.2) is 58.8 Å². The molecule has 0 heterocycles. The van der Waals surface area contributed by atoms with E-state index in [-0.39, 0.29) is 4.90 Å². The summed E-state index contributed by atoms with van der Waals surface area (Å²) in [7, 11) is -1.97. The van der Waals surface area contributed by atoms with Gasteiger partial charge in [-0.25, -0.2) is 8.42 Å². The van der Waals surface area contributed by atoms with Crippen molar-refractivity contribution < 1.29 is 13.2 Å². The van der Waals surface area contributed by atoms with Crippen LogP contribution >= 0.6 is 15.9 Å². The Hall–Kier alpha value is -1.59. The van der Waals surface area contributed by atoms with E-state index in [9.17, 15) is 8.42 Å². The van der Waals surface area contributed by atoms with Crippen molar-refractivity contribution in [2.75, 3.05) is 7.11 Å². The zero-order valence-electron chi connectivity index (χ0n) is 11.7. The highest BCUT2D eigenvalue weighted by molar-refractivity contribution is 9.15. The van der Waals surface area contributed by atoms with Crippen LogP contribution in [0.4, 0.5) is 0 Å². The number of methoxy groups -OCH3 is 1. The van der Waals surface area contributed by atoms with E-state index in [1.165, 1.54) is 24.7 Å². The molecule has 0 atom stereocenters. The van der Waals surface area contributed by atoms with Crippen molar-refractivity contribution in [1.29, 1.82) is 0 Å². The summed E-state index contributed by atoms with van der Waals surface area (Å²) >= 11 is 3.33. The van der Waals surface area contributed by atoms with Crippen LogP contribution in [-0.2, 0) is 9.84 Å². The highest BCUT2D eigenvalue weighted by Gasteiger charge is 2.13. The molecule has 0 amide bonds. The second-order valence-electron chi connectivity index (χ2n) is 4.55. The van der Waals surface area contributed by atoms with Crippen LogP contribution in [0.1, 0.15) is 11.1 Å². The number of ether oxygens (including phenoxy) is 1. The van der Waals surface area contributed by atoms with Crippen LogP contribution in [-0.4, -0.2) is 15.5 Å². The van der Waals surface area contributed by atoms with Crippen molar-refractivity contribution >= 4 is 30.2 Å². The van der Waals surface area contributed by atoms with Gasteiger partial charge in [0.15, 0.2) is 0 Å². The Morgan fingerprint density at radius 2 is 1.62 bits per heavy atom. The maximum Gasteiger partial charge on any atom is 0.200 e. The van der Waals surface area contributed by atoms with Gasteiger partial charge in [0.1, 0.15) is 5.75 Å². The zero-order chi connectivity index (χ0) is 15.5. The number of benzene rings is 2. The molecule has 3 nitrogen and oxygen atoms in total. The Bertz CT molecular complexity index is 745. The molecule has 0 saturated heterocycles. The lowest BCUT2D eigenvalue weighted by molar-refractivity contribution is 0.414. The second kappa shape index (κ2) is 6.45. The Morgan fingerprint density at radius 3 is 2.14 bits per heavy atom. The topological polar surface area (TPSA) is 43.4 Å². The molecule has 0 spiro atoms. The Kier molecular flexibility index (Phi) is 4.85. The van der Waals surface area contributed by atoms with Gasteiger partial charge in [-0.05, 0) is 52.7 Å². The van der Waals surface area contributed by atoms with Gasteiger partial charge in [-0.2, -0.15) is 0 Å². The van der Waals surface area contributed by atoms with Gasteiger partial charge < -0.3 is 4.74 Å². The molecule has 0 fully saturated rings. The number of hydrogen-bond donors (Lipinski definition) is 0. The second-order valence-corrected chi connectivity index (χ2v) is 7.20. The number of aryl methyl sites for hydroxylation is 1. The molecule has 2 rings (SSSR count). The average molecular weight is 367 g/mol. The predicted octanol–water partition coefficient (Wildman–Crippen LogP) is 4.17. The van der Waals surface area contributed by atoms with Crippen molar-refractivity contribution in [2.24, 2.45) is 0 Å². The molecular formula is C16H15BrO3S. The van der Waals surface area contributed by atoms with Crippen molar-refractivity contribution in [3.8, 4) is 5.75 Å². The predicted molar refractivity (Wildman–Crippen MR) is 88.3 cm³/mol. The van der Waals surface area contributed by atoms with Crippen molar-refractivity contribution in [3.63, 3.8) is 0 Å². The molecular weight excluding hydrogens is 352 g/mol. The summed E-state index contributed by atoms with van der Waals surface area (Å²) in [5.74, 6) is 0.621. The lowest BCUT2D eigenvalue weighted by Crippen LogP contribution is -1.97. The van der Waals surface area contributed by atoms with E-state index in [1.54, 1.807) is 12.1 Å². The first kappa shape index (κ1) is 15.8. The van der Waals surface area contributed by atoms with E-state index >= 15 is 0 Å². The maximum absolute atomic E-state index is 12.3. The van der Waals surface area contributed by atoms with E-state index in [4.69, 9.17) is 4.74 Å². The molecule has 2 aromatic rings. The fourth-order valence-electron chi connectivity index (χ4n) is 1.75. The minimum atomic E-state index is -3.51. The van der Waals surface area contributed by atoms with E-state index < -0.39 is 9.84 Å². The Morgan fingerprint density at radius 1 is 1.05 bits per heavy atom. The molecule has 0 radical (unpaired) electrons. The summed E-state index contributed by atoms with van der Waals surface area (Å²) < 4.78 is 30.2. The normalized spacial score (nSPS) is 12.2. The van der Waals surface area contributed by atoms with Gasteiger partial charge in [-0.15, -0.1) is 0 Å². The fraction of sp³-hybridized carbons (Fsp3) is 0.125. The largest absolute Gasteiger partial charge is 0.497 e. The van der Waals surface area contributed by atoms with Crippen molar-refractivity contribution in [1.82, 2.24) is 0 Å². The SMILES string of the molecule is COc1ccc(S(=O)(=O)/C=C(/Br)c2ccc(C)cc2)cc1. The van der Waals surface area contributed by atoms with Gasteiger partial charge in [0.05, 0.1) is 17.4 Å². The molecule has 0 bridgehead atoms. The Balaban J connectivity index is 2.34. The van der Waals surface area contributed by atoms with E-state index in [2.05, 4.69) is 15.9 Å². The summed E-state index contributed by atoms with van der Waals surface area (Å²) in [5.41, 5.74) is 1.94. The molecule has 110 valence electrons. The van der Waals surface area contributed by atoms with Gasteiger partial charge in [-0.1, -0.05) is 29.8 Å². The number of rotatable bonds is 4. The first-order chi connectivity index (χ1) is 9.92. The average Bonchev–Trinajstić information content (AvgIpc) is 2.47. The van der Waals surface area contributed by atoms with Crippen LogP contribution in [0.2, 0.25) is 0 Å². The first-order valence-corrected chi connectivity index (χ1v) is 8.60. The van der Waals surface area contributed by atoms with E-state index in [1.807, 2.05) is 31.2 Å². The lowest BCUT2D eigenvalue weighted by atomic mass is 10.1. The molecule has 5 heteroatoms. The first-order valence-electron chi connectivity index (χ1n) is 6.26. The molecule has 0 aliphatic rings. The number of hydrogen-bond acceptors (Lipinski definition) is 3. The van der Waals surface area contributed by atoms with Crippen LogP contribution in [0.5, 0.6) is 5.75 Å². The van der Waals surface area contributed by atoms with Gasteiger partial charge in [0, 0.05) is 4.48 Å². The fourth-order valence-corrected chi connectivity index (χ4v) is 3.81. The quantitative estimate of drug-likeness (QED) is 0.815. The smallest absolute Gasteiger partial charge is 0.200 e. The molecule has 0 aliphatic carbocycles. The minimum absolute atomic E-state index is 0.229. The summed E-state index contributed by atoms with van der Waals surface area (Å²) in [6.45, 7) is 1.98. The van der Waals surface area contributed by atoms with Crippen LogP contribution in [0, 0.1) is 6.92 Å². The van der Waals surface area contributed by atoms with Gasteiger partial charge in [0.2, 0.25) is 9.84 Å². The standard InChI is InChI=1S/C16H15BrO3S/c1-12-3-5-13(6-4-12)16(17)11-21(18,19)15-9-7-14(20-2)8-10-15/h3-11H,1-2H3/b16-11+. The summed E-state index contributed by atoms with van der Waals surface area (Å²) in [4.78, 5) is 0.229. The molecule has 0 saturated carbocycles. The van der Waals surface area contributed by atoms with Gasteiger partial charge in [-0.3, -0.25) is 0 Å². The van der Waals surface area contributed by atoms with Crippen LogP contribution in [0.3, 0.4) is 0 Å². The molecule has 0 aliphatic heterocycles. The van der Waals surface area contributed by atoms with Crippen LogP contribution < -0.4 is 4.74 Å². The van der Waals surface area contributed by atoms with Crippen LogP contribution in [0.25, 0.3) is 4.48 Å². The van der Waals surface area contributed by atoms with E-state index in [0.717, 1.165) is 11.1 Å². The van der Waals surface area contributed by atoms with Gasteiger partial charge in [0.25, 0.3) is 0 Å². The highest BCUT2D eigenvalue weighted by Crippen LogP contribution is 2.26. The Labute approximate surface area is 133 Å². The summed E-state index contributed by atoms with van der Waals surface area (Å²) in [5, 5.41) is 1.22. The third kappa shape index (κ3) is 3.95. The molecule has 0 N–H and O–H groups in total. The maximum atomic E-state index is 12.3. The summed E-state index contributed by atoms with van der Waals surface area (Å²) in [6.07, 6.45) is 0. The molecule has 0 unspecified atom stereocenters. The lowest BCUT2D eigenvalue weighted by Gasteiger charge is -2.04. The molecule has 0 aromatic heterocycles.